The van der Waals surface area contributed by atoms with Crippen molar-refractivity contribution in [2.24, 2.45) is 7.05 Å². The van der Waals surface area contributed by atoms with Gasteiger partial charge in [-0.2, -0.15) is 0 Å². The van der Waals surface area contributed by atoms with Crippen molar-refractivity contribution in [2.45, 2.75) is 0 Å². The predicted molar refractivity (Wildman–Crippen MR) is 47.6 cm³/mol. The first-order valence-electron chi connectivity index (χ1n) is 4.08. The molecule has 0 bridgehead atoms. The number of para-hydroxylation sites is 1. The molecule has 0 saturated heterocycles. The van der Waals surface area contributed by atoms with Crippen LogP contribution in [0.5, 0.6) is 0 Å². The van der Waals surface area contributed by atoms with Crippen LogP contribution in [0.25, 0.3) is 11.0 Å². The Balaban J connectivity index is 0.000000195. The molecule has 0 aliphatic carbocycles. The van der Waals surface area contributed by atoms with Gasteiger partial charge in [-0.1, -0.05) is 12.1 Å². The van der Waals surface area contributed by atoms with Crippen molar-refractivity contribution in [3.8, 4) is 0 Å². The summed E-state index contributed by atoms with van der Waals surface area (Å²) in [6.07, 6.45) is 1.95. The molecule has 0 unspecified atom stereocenters. The Morgan fingerprint density at radius 1 is 1.13 bits per heavy atom. The summed E-state index contributed by atoms with van der Waals surface area (Å²) in [5.74, 6) is 0. The molecule has 1 aromatic heterocycles. The molecule has 0 N–H and O–H groups in total. The highest BCUT2D eigenvalue weighted by atomic mass is 19.5. The standard InChI is InChI=1S/C8H8NO.BF4/c1-9-6-7-4-2-3-5-8(7)10-9;2-1(3,4)5/h2-6H,1H3;/q+1;-1. The van der Waals surface area contributed by atoms with Crippen molar-refractivity contribution < 1.29 is 26.5 Å². The van der Waals surface area contributed by atoms with Gasteiger partial charge < -0.3 is 17.3 Å². The van der Waals surface area contributed by atoms with Gasteiger partial charge in [0.2, 0.25) is 11.8 Å². The molecule has 0 atom stereocenters. The number of hydrogen-bond acceptors (Lipinski definition) is 1. The van der Waals surface area contributed by atoms with Gasteiger partial charge in [0.05, 0.1) is 5.39 Å². The lowest BCUT2D eigenvalue weighted by Gasteiger charge is -1.94. The van der Waals surface area contributed by atoms with Gasteiger partial charge in [-0.25, -0.2) is 4.52 Å². The van der Waals surface area contributed by atoms with E-state index in [0.717, 1.165) is 11.0 Å². The van der Waals surface area contributed by atoms with Gasteiger partial charge in [0.25, 0.3) is 0 Å². The van der Waals surface area contributed by atoms with E-state index in [4.69, 9.17) is 4.52 Å². The largest absolute Gasteiger partial charge is 0.673 e. The lowest BCUT2D eigenvalue weighted by molar-refractivity contribution is -0.841. The monoisotopic (exact) mass is 221 g/mol. The van der Waals surface area contributed by atoms with Crippen molar-refractivity contribution in [1.82, 2.24) is 0 Å². The molecule has 0 amide bonds. The predicted octanol–water partition coefficient (Wildman–Crippen LogP) is 2.56. The summed E-state index contributed by atoms with van der Waals surface area (Å²) in [6, 6.07) is 7.94. The number of halogens is 4. The van der Waals surface area contributed by atoms with E-state index in [1.54, 1.807) is 4.74 Å². The minimum Gasteiger partial charge on any atom is -0.418 e. The zero-order valence-electron chi connectivity index (χ0n) is 7.83. The summed E-state index contributed by atoms with van der Waals surface area (Å²) in [4.78, 5) is 0. The van der Waals surface area contributed by atoms with Crippen LogP contribution >= 0.6 is 0 Å². The van der Waals surface area contributed by atoms with E-state index in [1.807, 2.05) is 37.5 Å². The van der Waals surface area contributed by atoms with Gasteiger partial charge in [0.1, 0.15) is 0 Å². The molecule has 2 nitrogen and oxygen atoms in total. The fraction of sp³-hybridized carbons (Fsp3) is 0.125. The zero-order chi connectivity index (χ0) is 11.5. The Morgan fingerprint density at radius 2 is 1.67 bits per heavy atom. The quantitative estimate of drug-likeness (QED) is 0.379. The molecule has 0 saturated carbocycles. The Hall–Kier alpha value is -1.53. The second-order valence-electron chi connectivity index (χ2n) is 2.80. The fourth-order valence-electron chi connectivity index (χ4n) is 1.05. The van der Waals surface area contributed by atoms with Gasteiger partial charge in [-0.05, 0) is 16.9 Å². The minimum absolute atomic E-state index is 0.935. The van der Waals surface area contributed by atoms with Crippen LogP contribution in [0.15, 0.2) is 35.0 Å². The van der Waals surface area contributed by atoms with Crippen molar-refractivity contribution in [1.29, 1.82) is 0 Å². The van der Waals surface area contributed by atoms with Gasteiger partial charge in [-0.3, -0.25) is 0 Å². The Bertz CT molecular complexity index is 400. The minimum atomic E-state index is -6.00. The first kappa shape index (κ1) is 11.5. The molecule has 0 fully saturated rings. The zero-order valence-corrected chi connectivity index (χ0v) is 7.83. The molecule has 0 radical (unpaired) electrons. The molecule has 15 heavy (non-hydrogen) atoms. The second kappa shape index (κ2) is 4.33. The molecule has 2 rings (SSSR count). The molecule has 7 heteroatoms. The maximum absolute atomic E-state index is 9.75. The smallest absolute Gasteiger partial charge is 0.418 e. The highest BCUT2D eigenvalue weighted by Gasteiger charge is 2.20. The number of nitrogens with zero attached hydrogens (tertiary/aromatic N) is 1. The van der Waals surface area contributed by atoms with E-state index in [2.05, 4.69) is 0 Å². The maximum Gasteiger partial charge on any atom is 0.673 e. The summed E-state index contributed by atoms with van der Waals surface area (Å²) in [7, 11) is -4.12. The number of aryl methyl sites for hydroxylation is 1. The molecule has 1 heterocycles. The third kappa shape index (κ3) is 4.48. The molecule has 82 valence electrons. The molecule has 0 spiro atoms. The maximum atomic E-state index is 9.75. The van der Waals surface area contributed by atoms with E-state index in [9.17, 15) is 17.3 Å². The molecule has 0 aliphatic rings. The lowest BCUT2D eigenvalue weighted by atomic mass is 10.3. The van der Waals surface area contributed by atoms with Gasteiger partial charge in [0.15, 0.2) is 7.05 Å². The van der Waals surface area contributed by atoms with Crippen molar-refractivity contribution in [3.05, 3.63) is 30.5 Å². The van der Waals surface area contributed by atoms with E-state index in [0.29, 0.717) is 0 Å². The number of rotatable bonds is 0. The summed E-state index contributed by atoms with van der Waals surface area (Å²) in [5, 5.41) is 1.14. The topological polar surface area (TPSA) is 17.0 Å². The third-order valence-electron chi connectivity index (χ3n) is 1.48. The van der Waals surface area contributed by atoms with Crippen molar-refractivity contribution in [3.63, 3.8) is 0 Å². The van der Waals surface area contributed by atoms with E-state index in [1.165, 1.54) is 0 Å². The van der Waals surface area contributed by atoms with Crippen LogP contribution in [0.3, 0.4) is 0 Å². The number of benzene rings is 1. The highest BCUT2D eigenvalue weighted by molar-refractivity contribution is 6.50. The Labute approximate surface area is 83.2 Å². The Kier molecular flexibility index (Phi) is 3.33. The second-order valence-corrected chi connectivity index (χ2v) is 2.80. The lowest BCUT2D eigenvalue weighted by Crippen LogP contribution is -2.22. The fourth-order valence-corrected chi connectivity index (χ4v) is 1.05. The van der Waals surface area contributed by atoms with Crippen LogP contribution in [-0.4, -0.2) is 7.25 Å². The molecule has 0 aliphatic heterocycles. The van der Waals surface area contributed by atoms with Crippen LogP contribution in [0.4, 0.5) is 17.3 Å². The molecular weight excluding hydrogens is 213 g/mol. The summed E-state index contributed by atoms with van der Waals surface area (Å²) in [6.45, 7) is 0. The third-order valence-corrected chi connectivity index (χ3v) is 1.48. The van der Waals surface area contributed by atoms with Crippen molar-refractivity contribution in [2.75, 3.05) is 0 Å². The van der Waals surface area contributed by atoms with E-state index < -0.39 is 7.25 Å². The van der Waals surface area contributed by atoms with E-state index in [-0.39, 0.29) is 0 Å². The van der Waals surface area contributed by atoms with Gasteiger partial charge in [0, 0.05) is 0 Å². The van der Waals surface area contributed by atoms with Crippen LogP contribution in [0.2, 0.25) is 0 Å². The number of fused-ring (bicyclic) bond motifs is 1. The summed E-state index contributed by atoms with van der Waals surface area (Å²) >= 11 is 0. The van der Waals surface area contributed by atoms with Crippen molar-refractivity contribution >= 4 is 18.2 Å². The first-order valence-corrected chi connectivity index (χ1v) is 4.08. The van der Waals surface area contributed by atoms with Crippen LogP contribution in [0.1, 0.15) is 0 Å². The van der Waals surface area contributed by atoms with Gasteiger partial charge >= 0.3 is 7.25 Å². The summed E-state index contributed by atoms with van der Waals surface area (Å²) < 4.78 is 46.0. The van der Waals surface area contributed by atoms with E-state index >= 15 is 0 Å². The molecule has 2 aromatic rings. The van der Waals surface area contributed by atoms with Crippen LogP contribution in [-0.2, 0) is 7.05 Å². The average Bonchev–Trinajstić information content (AvgIpc) is 2.40. The molecular formula is C8H8BF4NO. The number of hydrogen-bond donors (Lipinski definition) is 0. The van der Waals surface area contributed by atoms with Crippen LogP contribution < -0.4 is 4.74 Å². The highest BCUT2D eigenvalue weighted by Crippen LogP contribution is 2.09. The summed E-state index contributed by atoms with van der Waals surface area (Å²) in [5.41, 5.74) is 0.935. The van der Waals surface area contributed by atoms with Crippen LogP contribution in [0, 0.1) is 0 Å². The molecule has 1 aromatic carbocycles. The Morgan fingerprint density at radius 3 is 2.20 bits per heavy atom. The van der Waals surface area contributed by atoms with Gasteiger partial charge in [-0.15, -0.1) is 0 Å². The SMILES string of the molecule is C[n+]1cc2ccccc2o1.F[B-](F)(F)F. The average molecular weight is 221 g/mol. The normalized spacial score (nSPS) is 11.0. The first-order chi connectivity index (χ1) is 6.86. The number of aromatic nitrogens is 1.